The van der Waals surface area contributed by atoms with Gasteiger partial charge in [0.1, 0.15) is 0 Å². The zero-order valence-corrected chi connectivity index (χ0v) is 12.5. The lowest BCUT2D eigenvalue weighted by molar-refractivity contribution is -0.119. The van der Waals surface area contributed by atoms with Crippen LogP contribution in [-0.4, -0.2) is 25.5 Å². The summed E-state index contributed by atoms with van der Waals surface area (Å²) in [5.41, 5.74) is 10.6. The molecule has 2 N–H and O–H groups in total. The first-order valence-corrected chi connectivity index (χ1v) is 6.79. The number of carbonyl (C=O) groups is 1. The standard InChI is InChI=1S/C16H25NO2/c1-11-8-12(2)14(13(3)9-11)10-16(18)15(17)6-5-7-19-4/h8-9,15H,5-7,10,17H2,1-4H3. The summed E-state index contributed by atoms with van der Waals surface area (Å²) in [7, 11) is 1.66. The number of hydrogen-bond donors (Lipinski definition) is 1. The Bertz CT molecular complexity index is 417. The van der Waals surface area contributed by atoms with Crippen molar-refractivity contribution in [3.05, 3.63) is 34.4 Å². The minimum atomic E-state index is -0.379. The number of benzene rings is 1. The molecule has 0 radical (unpaired) electrons. The molecule has 0 heterocycles. The van der Waals surface area contributed by atoms with Gasteiger partial charge in [-0.1, -0.05) is 17.7 Å². The summed E-state index contributed by atoms with van der Waals surface area (Å²) in [4.78, 5) is 12.1. The second kappa shape index (κ2) is 7.41. The third-order valence-electron chi connectivity index (χ3n) is 3.47. The molecular weight excluding hydrogens is 238 g/mol. The minimum Gasteiger partial charge on any atom is -0.385 e. The van der Waals surface area contributed by atoms with Crippen LogP contribution in [0, 0.1) is 20.8 Å². The Morgan fingerprint density at radius 3 is 2.37 bits per heavy atom. The number of Topliss-reactive ketones (excluding diaryl/α,β-unsaturated/α-hetero) is 1. The minimum absolute atomic E-state index is 0.117. The SMILES string of the molecule is COCCCC(N)C(=O)Cc1c(C)cc(C)cc1C. The summed E-state index contributed by atoms with van der Waals surface area (Å²) < 4.78 is 4.97. The molecule has 0 saturated carbocycles. The van der Waals surface area contributed by atoms with Crippen molar-refractivity contribution >= 4 is 5.78 Å². The molecule has 0 aliphatic rings. The highest BCUT2D eigenvalue weighted by atomic mass is 16.5. The number of hydrogen-bond acceptors (Lipinski definition) is 3. The van der Waals surface area contributed by atoms with Crippen molar-refractivity contribution in [2.75, 3.05) is 13.7 Å². The summed E-state index contributed by atoms with van der Waals surface area (Å²) in [6.45, 7) is 6.84. The lowest BCUT2D eigenvalue weighted by Crippen LogP contribution is -2.32. The molecule has 19 heavy (non-hydrogen) atoms. The smallest absolute Gasteiger partial charge is 0.153 e. The molecule has 106 valence electrons. The van der Waals surface area contributed by atoms with Crippen molar-refractivity contribution in [3.63, 3.8) is 0 Å². The number of carbonyl (C=O) groups excluding carboxylic acids is 1. The van der Waals surface area contributed by atoms with Crippen molar-refractivity contribution in [1.29, 1.82) is 0 Å². The van der Waals surface area contributed by atoms with E-state index in [1.807, 2.05) is 0 Å². The van der Waals surface area contributed by atoms with Crippen molar-refractivity contribution in [3.8, 4) is 0 Å². The van der Waals surface area contributed by atoms with Crippen LogP contribution in [0.3, 0.4) is 0 Å². The number of nitrogens with two attached hydrogens (primary N) is 1. The van der Waals surface area contributed by atoms with E-state index in [2.05, 4.69) is 32.9 Å². The maximum absolute atomic E-state index is 12.1. The van der Waals surface area contributed by atoms with Gasteiger partial charge in [-0.15, -0.1) is 0 Å². The molecule has 1 aromatic carbocycles. The Balaban J connectivity index is 2.66. The largest absolute Gasteiger partial charge is 0.385 e. The number of aryl methyl sites for hydroxylation is 3. The Kier molecular flexibility index (Phi) is 6.19. The normalized spacial score (nSPS) is 12.5. The zero-order chi connectivity index (χ0) is 14.4. The lowest BCUT2D eigenvalue weighted by atomic mass is 9.93. The van der Waals surface area contributed by atoms with Gasteiger partial charge in [0, 0.05) is 20.1 Å². The van der Waals surface area contributed by atoms with Gasteiger partial charge in [-0.3, -0.25) is 4.79 Å². The Labute approximate surface area is 116 Å². The number of ether oxygens (including phenoxy) is 1. The highest BCUT2D eigenvalue weighted by Gasteiger charge is 2.16. The van der Waals surface area contributed by atoms with E-state index in [9.17, 15) is 4.79 Å². The molecule has 0 spiro atoms. The van der Waals surface area contributed by atoms with Gasteiger partial charge < -0.3 is 10.5 Å². The summed E-state index contributed by atoms with van der Waals surface area (Å²) in [5, 5.41) is 0. The van der Waals surface area contributed by atoms with Crippen LogP contribution in [0.2, 0.25) is 0 Å². The molecule has 1 aromatic rings. The zero-order valence-electron chi connectivity index (χ0n) is 12.5. The fourth-order valence-electron chi connectivity index (χ4n) is 2.40. The van der Waals surface area contributed by atoms with Crippen LogP contribution >= 0.6 is 0 Å². The molecule has 0 amide bonds. The van der Waals surface area contributed by atoms with E-state index < -0.39 is 0 Å². The maximum Gasteiger partial charge on any atom is 0.153 e. The first-order valence-electron chi connectivity index (χ1n) is 6.79. The topological polar surface area (TPSA) is 52.3 Å². The second-order valence-corrected chi connectivity index (χ2v) is 5.26. The van der Waals surface area contributed by atoms with E-state index >= 15 is 0 Å². The predicted octanol–water partition coefficient (Wildman–Crippen LogP) is 2.48. The van der Waals surface area contributed by atoms with Crippen LogP contribution < -0.4 is 5.73 Å². The fourth-order valence-corrected chi connectivity index (χ4v) is 2.40. The summed E-state index contributed by atoms with van der Waals surface area (Å²) in [6.07, 6.45) is 1.96. The summed E-state index contributed by atoms with van der Waals surface area (Å²) in [6, 6.07) is 3.85. The summed E-state index contributed by atoms with van der Waals surface area (Å²) >= 11 is 0. The van der Waals surface area contributed by atoms with Crippen LogP contribution in [0.25, 0.3) is 0 Å². The first-order chi connectivity index (χ1) is 8.95. The van der Waals surface area contributed by atoms with Crippen LogP contribution in [0.4, 0.5) is 0 Å². The molecule has 0 bridgehead atoms. The van der Waals surface area contributed by atoms with Crippen molar-refractivity contribution in [2.45, 2.75) is 46.1 Å². The lowest BCUT2D eigenvalue weighted by Gasteiger charge is -2.14. The van der Waals surface area contributed by atoms with Gasteiger partial charge in [0.2, 0.25) is 0 Å². The first kappa shape index (κ1) is 15.9. The van der Waals surface area contributed by atoms with Gasteiger partial charge in [-0.2, -0.15) is 0 Å². The number of rotatable bonds is 7. The van der Waals surface area contributed by atoms with Gasteiger partial charge in [0.15, 0.2) is 5.78 Å². The molecule has 0 aromatic heterocycles. The van der Waals surface area contributed by atoms with Crippen molar-refractivity contribution in [1.82, 2.24) is 0 Å². The van der Waals surface area contributed by atoms with E-state index in [1.54, 1.807) is 7.11 Å². The monoisotopic (exact) mass is 263 g/mol. The molecule has 0 fully saturated rings. The van der Waals surface area contributed by atoms with Gasteiger partial charge in [0.25, 0.3) is 0 Å². The second-order valence-electron chi connectivity index (χ2n) is 5.26. The molecular formula is C16H25NO2. The fraction of sp³-hybridized carbons (Fsp3) is 0.562. The van der Waals surface area contributed by atoms with Gasteiger partial charge in [0.05, 0.1) is 6.04 Å². The highest BCUT2D eigenvalue weighted by Crippen LogP contribution is 2.18. The third-order valence-corrected chi connectivity index (χ3v) is 3.47. The molecule has 3 nitrogen and oxygen atoms in total. The molecule has 0 aliphatic carbocycles. The predicted molar refractivity (Wildman–Crippen MR) is 78.4 cm³/mol. The van der Waals surface area contributed by atoms with E-state index in [1.165, 1.54) is 16.7 Å². The Hall–Kier alpha value is -1.19. The highest BCUT2D eigenvalue weighted by molar-refractivity contribution is 5.86. The van der Waals surface area contributed by atoms with E-state index in [0.29, 0.717) is 19.4 Å². The molecule has 0 saturated heterocycles. The molecule has 1 unspecified atom stereocenters. The number of ketones is 1. The molecule has 1 rings (SSSR count). The van der Waals surface area contributed by atoms with Crippen LogP contribution in [0.1, 0.15) is 35.1 Å². The number of methoxy groups -OCH3 is 1. The van der Waals surface area contributed by atoms with E-state index in [0.717, 1.165) is 12.0 Å². The Morgan fingerprint density at radius 2 is 1.84 bits per heavy atom. The summed E-state index contributed by atoms with van der Waals surface area (Å²) in [5.74, 6) is 0.117. The van der Waals surface area contributed by atoms with Crippen LogP contribution in [-0.2, 0) is 16.0 Å². The Morgan fingerprint density at radius 1 is 1.26 bits per heavy atom. The van der Waals surface area contributed by atoms with Gasteiger partial charge in [-0.05, 0) is 50.3 Å². The van der Waals surface area contributed by atoms with Gasteiger partial charge >= 0.3 is 0 Å². The average Bonchev–Trinajstić information content (AvgIpc) is 2.33. The van der Waals surface area contributed by atoms with Crippen molar-refractivity contribution < 1.29 is 9.53 Å². The molecule has 3 heteroatoms. The quantitative estimate of drug-likeness (QED) is 0.769. The molecule has 1 atom stereocenters. The third kappa shape index (κ3) is 4.77. The maximum atomic E-state index is 12.1. The van der Waals surface area contributed by atoms with Crippen LogP contribution in [0.15, 0.2) is 12.1 Å². The van der Waals surface area contributed by atoms with Gasteiger partial charge in [-0.25, -0.2) is 0 Å². The average molecular weight is 263 g/mol. The van der Waals surface area contributed by atoms with Crippen LogP contribution in [0.5, 0.6) is 0 Å². The van der Waals surface area contributed by atoms with Crippen molar-refractivity contribution in [2.24, 2.45) is 5.73 Å². The molecule has 0 aliphatic heterocycles. The van der Waals surface area contributed by atoms with E-state index in [-0.39, 0.29) is 11.8 Å². The van der Waals surface area contributed by atoms with E-state index in [4.69, 9.17) is 10.5 Å².